The third kappa shape index (κ3) is 3.40. The molecule has 2 aromatic carbocycles. The van der Waals surface area contributed by atoms with Crippen molar-refractivity contribution in [1.82, 2.24) is 19.9 Å². The second kappa shape index (κ2) is 8.10. The number of aliphatic hydroxyl groups is 1. The summed E-state index contributed by atoms with van der Waals surface area (Å²) >= 11 is 6.40. The van der Waals surface area contributed by atoms with Crippen molar-refractivity contribution in [2.24, 2.45) is 0 Å². The molecule has 1 saturated heterocycles. The smallest absolute Gasteiger partial charge is 0.274 e. The van der Waals surface area contributed by atoms with Crippen molar-refractivity contribution in [1.29, 1.82) is 0 Å². The fourth-order valence-corrected chi connectivity index (χ4v) is 3.73. The van der Waals surface area contributed by atoms with Gasteiger partial charge in [0.1, 0.15) is 6.10 Å². The molecular weight excluding hydrogens is 380 g/mol. The SMILES string of the molecule is O=C(c1cnnn1-c1ccccc1)N1CCO[C@@H](CO)[C@@H]1c1ccccc1Cl. The summed E-state index contributed by atoms with van der Waals surface area (Å²) in [7, 11) is 0. The summed E-state index contributed by atoms with van der Waals surface area (Å²) in [4.78, 5) is 15.1. The molecule has 144 valence electrons. The highest BCUT2D eigenvalue weighted by molar-refractivity contribution is 6.31. The van der Waals surface area contributed by atoms with E-state index < -0.39 is 12.1 Å². The second-order valence-electron chi connectivity index (χ2n) is 6.42. The summed E-state index contributed by atoms with van der Waals surface area (Å²) < 4.78 is 7.23. The first-order valence-electron chi connectivity index (χ1n) is 8.94. The molecule has 1 aliphatic rings. The third-order valence-electron chi connectivity index (χ3n) is 4.79. The summed E-state index contributed by atoms with van der Waals surface area (Å²) in [6.07, 6.45) is 0.876. The van der Waals surface area contributed by atoms with Gasteiger partial charge in [-0.1, -0.05) is 53.2 Å². The number of rotatable bonds is 4. The number of aliphatic hydroxyl groups excluding tert-OH is 1. The molecule has 2 heterocycles. The largest absolute Gasteiger partial charge is 0.394 e. The molecule has 0 saturated carbocycles. The summed E-state index contributed by atoms with van der Waals surface area (Å²) in [6, 6.07) is 16.1. The van der Waals surface area contributed by atoms with E-state index in [0.717, 1.165) is 11.3 Å². The van der Waals surface area contributed by atoms with Crippen molar-refractivity contribution in [2.75, 3.05) is 19.8 Å². The Kier molecular flexibility index (Phi) is 5.38. The molecule has 1 amide bonds. The Morgan fingerprint density at radius 1 is 1.18 bits per heavy atom. The molecule has 0 spiro atoms. The van der Waals surface area contributed by atoms with Gasteiger partial charge in [0.25, 0.3) is 5.91 Å². The van der Waals surface area contributed by atoms with Crippen LogP contribution in [0.1, 0.15) is 22.1 Å². The standard InChI is InChI=1S/C20H19ClN4O3/c21-16-9-5-4-8-15(16)19-18(13-26)28-11-10-24(19)20(27)17-12-22-23-25(17)14-6-2-1-3-7-14/h1-9,12,18-19,26H,10-11,13H2/t18-,19-/m0/s1. The van der Waals surface area contributed by atoms with E-state index in [-0.39, 0.29) is 12.5 Å². The number of nitrogens with zero attached hydrogens (tertiary/aromatic N) is 4. The zero-order valence-electron chi connectivity index (χ0n) is 15.0. The maximum absolute atomic E-state index is 13.5. The zero-order chi connectivity index (χ0) is 19.5. The number of aromatic nitrogens is 3. The second-order valence-corrected chi connectivity index (χ2v) is 6.83. The van der Waals surface area contributed by atoms with Crippen LogP contribution >= 0.6 is 11.6 Å². The fourth-order valence-electron chi connectivity index (χ4n) is 3.48. The van der Waals surface area contributed by atoms with Gasteiger partial charge in [0, 0.05) is 11.6 Å². The van der Waals surface area contributed by atoms with Gasteiger partial charge in [0.05, 0.1) is 31.1 Å². The number of hydrogen-bond donors (Lipinski definition) is 1. The summed E-state index contributed by atoms with van der Waals surface area (Å²) in [5.41, 5.74) is 1.81. The van der Waals surface area contributed by atoms with Crippen LogP contribution in [0.15, 0.2) is 60.8 Å². The summed E-state index contributed by atoms with van der Waals surface area (Å²) in [6.45, 7) is 0.464. The molecule has 4 rings (SSSR count). The van der Waals surface area contributed by atoms with Crippen LogP contribution in [0.3, 0.4) is 0 Å². The maximum atomic E-state index is 13.5. The number of amides is 1. The lowest BCUT2D eigenvalue weighted by molar-refractivity contribution is -0.0813. The number of para-hydroxylation sites is 1. The number of ether oxygens (including phenoxy) is 1. The molecule has 8 heteroatoms. The van der Waals surface area contributed by atoms with Crippen molar-refractivity contribution >= 4 is 17.5 Å². The van der Waals surface area contributed by atoms with Crippen LogP contribution < -0.4 is 0 Å². The van der Waals surface area contributed by atoms with Gasteiger partial charge in [-0.15, -0.1) is 5.10 Å². The van der Waals surface area contributed by atoms with Gasteiger partial charge in [0.15, 0.2) is 5.69 Å². The Balaban J connectivity index is 1.74. The van der Waals surface area contributed by atoms with Gasteiger partial charge in [-0.05, 0) is 23.8 Å². The first-order chi connectivity index (χ1) is 13.7. The molecule has 1 fully saturated rings. The normalized spacial score (nSPS) is 19.6. The van der Waals surface area contributed by atoms with Crippen LogP contribution in [0.4, 0.5) is 0 Å². The number of carbonyl (C=O) groups excluding carboxylic acids is 1. The number of hydrogen-bond acceptors (Lipinski definition) is 5. The van der Waals surface area contributed by atoms with Crippen LogP contribution in [-0.2, 0) is 4.74 Å². The van der Waals surface area contributed by atoms with Gasteiger partial charge in [-0.3, -0.25) is 4.79 Å². The number of benzene rings is 2. The maximum Gasteiger partial charge on any atom is 0.274 e. The average molecular weight is 399 g/mol. The Morgan fingerprint density at radius 3 is 2.68 bits per heavy atom. The predicted molar refractivity (Wildman–Crippen MR) is 103 cm³/mol. The molecule has 28 heavy (non-hydrogen) atoms. The molecule has 0 aliphatic carbocycles. The Labute approximate surface area is 167 Å². The number of carbonyl (C=O) groups is 1. The van der Waals surface area contributed by atoms with E-state index >= 15 is 0 Å². The van der Waals surface area contributed by atoms with Crippen LogP contribution in [0.25, 0.3) is 5.69 Å². The van der Waals surface area contributed by atoms with E-state index in [1.807, 2.05) is 48.5 Å². The van der Waals surface area contributed by atoms with Gasteiger partial charge >= 0.3 is 0 Å². The van der Waals surface area contributed by atoms with Crippen LogP contribution in [-0.4, -0.2) is 56.8 Å². The van der Waals surface area contributed by atoms with Crippen LogP contribution in [0, 0.1) is 0 Å². The number of morpholine rings is 1. The van der Waals surface area contributed by atoms with E-state index in [9.17, 15) is 9.90 Å². The topological polar surface area (TPSA) is 80.5 Å². The zero-order valence-corrected chi connectivity index (χ0v) is 15.7. The first-order valence-corrected chi connectivity index (χ1v) is 9.32. The minimum absolute atomic E-state index is 0.226. The Bertz CT molecular complexity index is 963. The van der Waals surface area contributed by atoms with Crippen molar-refractivity contribution in [3.8, 4) is 5.69 Å². The van der Waals surface area contributed by atoms with E-state index in [0.29, 0.717) is 23.9 Å². The molecule has 3 aromatic rings. The molecule has 0 bridgehead atoms. The minimum atomic E-state index is -0.571. The van der Waals surface area contributed by atoms with Gasteiger partial charge in [0.2, 0.25) is 0 Å². The third-order valence-corrected chi connectivity index (χ3v) is 5.13. The van der Waals surface area contributed by atoms with E-state index in [2.05, 4.69) is 10.3 Å². The molecule has 1 aromatic heterocycles. The first kappa shape index (κ1) is 18.6. The van der Waals surface area contributed by atoms with Gasteiger partial charge in [-0.2, -0.15) is 0 Å². The summed E-state index contributed by atoms with van der Waals surface area (Å²) in [5, 5.41) is 18.4. The van der Waals surface area contributed by atoms with Gasteiger partial charge < -0.3 is 14.7 Å². The monoisotopic (exact) mass is 398 g/mol. The lowest BCUT2D eigenvalue weighted by atomic mass is 9.97. The molecule has 2 atom stereocenters. The van der Waals surface area contributed by atoms with Crippen molar-refractivity contribution in [3.63, 3.8) is 0 Å². The molecule has 7 nitrogen and oxygen atoms in total. The minimum Gasteiger partial charge on any atom is -0.394 e. The average Bonchev–Trinajstić information content (AvgIpc) is 3.23. The number of halogens is 1. The highest BCUT2D eigenvalue weighted by Crippen LogP contribution is 2.34. The van der Waals surface area contributed by atoms with Crippen molar-refractivity contribution < 1.29 is 14.6 Å². The van der Waals surface area contributed by atoms with Gasteiger partial charge in [-0.25, -0.2) is 4.68 Å². The predicted octanol–water partition coefficient (Wildman–Crippen LogP) is 2.50. The Hall–Kier alpha value is -2.74. The molecule has 1 N–H and O–H groups in total. The van der Waals surface area contributed by atoms with Crippen molar-refractivity contribution in [3.05, 3.63) is 77.1 Å². The molecule has 0 unspecified atom stereocenters. The fraction of sp³-hybridized carbons (Fsp3) is 0.250. The highest BCUT2D eigenvalue weighted by atomic mass is 35.5. The lowest BCUT2D eigenvalue weighted by Gasteiger charge is -2.41. The molecular formula is C20H19ClN4O3. The van der Waals surface area contributed by atoms with Crippen LogP contribution in [0.2, 0.25) is 5.02 Å². The highest BCUT2D eigenvalue weighted by Gasteiger charge is 2.38. The van der Waals surface area contributed by atoms with E-state index in [4.69, 9.17) is 16.3 Å². The van der Waals surface area contributed by atoms with Crippen LogP contribution in [0.5, 0.6) is 0 Å². The molecule has 1 aliphatic heterocycles. The van der Waals surface area contributed by atoms with E-state index in [1.54, 1.807) is 11.0 Å². The summed E-state index contributed by atoms with van der Waals surface area (Å²) in [5.74, 6) is -0.250. The Morgan fingerprint density at radius 2 is 1.93 bits per heavy atom. The van der Waals surface area contributed by atoms with E-state index in [1.165, 1.54) is 10.9 Å². The quantitative estimate of drug-likeness (QED) is 0.730. The van der Waals surface area contributed by atoms with Crippen molar-refractivity contribution in [2.45, 2.75) is 12.1 Å². The lowest BCUT2D eigenvalue weighted by Crippen LogP contribution is -2.50. The molecule has 0 radical (unpaired) electrons.